The standard InChI is InChI=1S/C13H15Cl3N4/c1-2-20-13(11(16)7-18-20)12(19-17)6-8-3-4-9(14)10(15)5-8/h3-5,7,12,19H,2,6,17H2,1H3. The summed E-state index contributed by atoms with van der Waals surface area (Å²) in [6, 6.07) is 5.36. The van der Waals surface area contributed by atoms with Crippen LogP contribution < -0.4 is 11.3 Å². The molecular weight excluding hydrogens is 319 g/mol. The van der Waals surface area contributed by atoms with Gasteiger partial charge in [-0.2, -0.15) is 5.10 Å². The summed E-state index contributed by atoms with van der Waals surface area (Å²) in [6.07, 6.45) is 2.26. The van der Waals surface area contributed by atoms with E-state index in [9.17, 15) is 0 Å². The van der Waals surface area contributed by atoms with Gasteiger partial charge in [0.1, 0.15) is 0 Å². The Morgan fingerprint density at radius 3 is 2.60 bits per heavy atom. The predicted octanol–water partition coefficient (Wildman–Crippen LogP) is 3.61. The molecule has 7 heteroatoms. The average Bonchev–Trinajstić information content (AvgIpc) is 2.81. The van der Waals surface area contributed by atoms with Crippen LogP contribution in [0.4, 0.5) is 0 Å². The van der Waals surface area contributed by atoms with Crippen LogP contribution in [0.2, 0.25) is 15.1 Å². The highest BCUT2D eigenvalue weighted by atomic mass is 35.5. The van der Waals surface area contributed by atoms with Gasteiger partial charge >= 0.3 is 0 Å². The lowest BCUT2D eigenvalue weighted by molar-refractivity contribution is 0.491. The van der Waals surface area contributed by atoms with Crippen molar-refractivity contribution in [3.05, 3.63) is 50.7 Å². The quantitative estimate of drug-likeness (QED) is 0.649. The molecule has 0 spiro atoms. The molecule has 0 saturated carbocycles. The smallest absolute Gasteiger partial charge is 0.0834 e. The number of hydrogen-bond donors (Lipinski definition) is 2. The summed E-state index contributed by atoms with van der Waals surface area (Å²) in [5.74, 6) is 5.66. The van der Waals surface area contributed by atoms with Gasteiger partial charge in [-0.15, -0.1) is 0 Å². The average molecular weight is 334 g/mol. The Labute approximate surface area is 132 Å². The first-order valence-corrected chi connectivity index (χ1v) is 7.31. The molecule has 0 saturated heterocycles. The maximum absolute atomic E-state index is 6.19. The first-order chi connectivity index (χ1) is 9.56. The van der Waals surface area contributed by atoms with Gasteiger partial charge in [-0.1, -0.05) is 40.9 Å². The Morgan fingerprint density at radius 2 is 2.00 bits per heavy atom. The fourth-order valence-corrected chi connectivity index (χ4v) is 2.70. The largest absolute Gasteiger partial charge is 0.271 e. The normalized spacial score (nSPS) is 12.7. The molecule has 20 heavy (non-hydrogen) atoms. The van der Waals surface area contributed by atoms with E-state index in [2.05, 4.69) is 10.5 Å². The molecule has 2 aromatic rings. The molecule has 1 atom stereocenters. The Bertz CT molecular complexity index is 597. The van der Waals surface area contributed by atoms with Crippen molar-refractivity contribution in [3.63, 3.8) is 0 Å². The topological polar surface area (TPSA) is 55.9 Å². The summed E-state index contributed by atoms with van der Waals surface area (Å²) in [4.78, 5) is 0. The van der Waals surface area contributed by atoms with E-state index in [4.69, 9.17) is 40.6 Å². The summed E-state index contributed by atoms with van der Waals surface area (Å²) in [5.41, 5.74) is 4.66. The third-order valence-electron chi connectivity index (χ3n) is 3.09. The molecule has 1 heterocycles. The molecule has 0 fully saturated rings. The third-order valence-corrected chi connectivity index (χ3v) is 4.12. The molecule has 2 rings (SSSR count). The van der Waals surface area contributed by atoms with E-state index in [0.29, 0.717) is 21.5 Å². The van der Waals surface area contributed by atoms with Crippen molar-refractivity contribution >= 4 is 34.8 Å². The van der Waals surface area contributed by atoms with Gasteiger partial charge in [0.05, 0.1) is 33.0 Å². The van der Waals surface area contributed by atoms with Crippen LogP contribution in [-0.4, -0.2) is 9.78 Å². The second-order valence-electron chi connectivity index (χ2n) is 4.37. The Balaban J connectivity index is 2.28. The second-order valence-corrected chi connectivity index (χ2v) is 5.59. The summed E-state index contributed by atoms with van der Waals surface area (Å²) < 4.78 is 1.82. The third kappa shape index (κ3) is 3.27. The molecule has 1 unspecified atom stereocenters. The SMILES string of the molecule is CCn1ncc(Cl)c1C(Cc1ccc(Cl)c(Cl)c1)NN. The fourth-order valence-electron chi connectivity index (χ4n) is 2.11. The first kappa shape index (κ1) is 15.6. The molecule has 1 aromatic heterocycles. The van der Waals surface area contributed by atoms with Crippen LogP contribution in [0.5, 0.6) is 0 Å². The maximum Gasteiger partial charge on any atom is 0.0834 e. The van der Waals surface area contributed by atoms with Crippen LogP contribution in [0.15, 0.2) is 24.4 Å². The summed E-state index contributed by atoms with van der Waals surface area (Å²) >= 11 is 18.1. The Hall–Kier alpha value is -0.780. The molecular formula is C13H15Cl3N4. The number of benzene rings is 1. The molecule has 108 valence electrons. The second kappa shape index (κ2) is 6.78. The van der Waals surface area contributed by atoms with Crippen molar-refractivity contribution in [2.45, 2.75) is 25.9 Å². The molecule has 0 aliphatic carbocycles. The Kier molecular flexibility index (Phi) is 5.29. The van der Waals surface area contributed by atoms with Crippen LogP contribution in [0.25, 0.3) is 0 Å². The maximum atomic E-state index is 6.19. The van der Waals surface area contributed by atoms with E-state index in [0.717, 1.165) is 17.8 Å². The van der Waals surface area contributed by atoms with Gasteiger partial charge in [-0.05, 0) is 31.0 Å². The lowest BCUT2D eigenvalue weighted by Gasteiger charge is -2.18. The first-order valence-electron chi connectivity index (χ1n) is 6.18. The van der Waals surface area contributed by atoms with Crippen molar-refractivity contribution in [1.82, 2.24) is 15.2 Å². The van der Waals surface area contributed by atoms with Crippen molar-refractivity contribution in [2.75, 3.05) is 0 Å². The minimum atomic E-state index is -0.151. The number of rotatable bonds is 5. The minimum Gasteiger partial charge on any atom is -0.271 e. The van der Waals surface area contributed by atoms with Crippen molar-refractivity contribution < 1.29 is 0 Å². The van der Waals surface area contributed by atoms with E-state index < -0.39 is 0 Å². The predicted molar refractivity (Wildman–Crippen MR) is 83.1 cm³/mol. The highest BCUT2D eigenvalue weighted by Gasteiger charge is 2.19. The van der Waals surface area contributed by atoms with E-state index in [1.165, 1.54) is 0 Å². The van der Waals surface area contributed by atoms with Gasteiger partial charge in [0.25, 0.3) is 0 Å². The van der Waals surface area contributed by atoms with Gasteiger partial charge in [0.2, 0.25) is 0 Å². The summed E-state index contributed by atoms with van der Waals surface area (Å²) in [7, 11) is 0. The molecule has 0 aliphatic heterocycles. The van der Waals surface area contributed by atoms with Gasteiger partial charge in [-0.3, -0.25) is 16.0 Å². The number of aryl methyl sites for hydroxylation is 1. The molecule has 0 aliphatic rings. The lowest BCUT2D eigenvalue weighted by Crippen LogP contribution is -2.31. The van der Waals surface area contributed by atoms with E-state index in [1.54, 1.807) is 12.3 Å². The highest BCUT2D eigenvalue weighted by molar-refractivity contribution is 6.42. The van der Waals surface area contributed by atoms with Crippen molar-refractivity contribution in [2.24, 2.45) is 5.84 Å². The number of hydrogen-bond acceptors (Lipinski definition) is 3. The Morgan fingerprint density at radius 1 is 1.25 bits per heavy atom. The zero-order valence-electron chi connectivity index (χ0n) is 10.9. The van der Waals surface area contributed by atoms with E-state index in [-0.39, 0.29) is 6.04 Å². The van der Waals surface area contributed by atoms with Crippen LogP contribution in [0.1, 0.15) is 24.2 Å². The zero-order valence-corrected chi connectivity index (χ0v) is 13.2. The molecule has 0 bridgehead atoms. The highest BCUT2D eigenvalue weighted by Crippen LogP contribution is 2.28. The molecule has 0 radical (unpaired) electrons. The lowest BCUT2D eigenvalue weighted by atomic mass is 10.0. The van der Waals surface area contributed by atoms with Crippen molar-refractivity contribution in [1.29, 1.82) is 0 Å². The number of hydrazine groups is 1. The minimum absolute atomic E-state index is 0.151. The zero-order chi connectivity index (χ0) is 14.7. The van der Waals surface area contributed by atoms with Gasteiger partial charge in [-0.25, -0.2) is 0 Å². The number of nitrogens with zero attached hydrogens (tertiary/aromatic N) is 2. The summed E-state index contributed by atoms with van der Waals surface area (Å²) in [6.45, 7) is 2.72. The van der Waals surface area contributed by atoms with E-state index >= 15 is 0 Å². The van der Waals surface area contributed by atoms with Gasteiger partial charge in [0.15, 0.2) is 0 Å². The van der Waals surface area contributed by atoms with Gasteiger partial charge < -0.3 is 0 Å². The van der Waals surface area contributed by atoms with Crippen LogP contribution in [0, 0.1) is 0 Å². The number of aromatic nitrogens is 2. The fraction of sp³-hybridized carbons (Fsp3) is 0.308. The molecule has 4 nitrogen and oxygen atoms in total. The molecule has 3 N–H and O–H groups in total. The monoisotopic (exact) mass is 332 g/mol. The van der Waals surface area contributed by atoms with Crippen LogP contribution in [-0.2, 0) is 13.0 Å². The van der Waals surface area contributed by atoms with Crippen LogP contribution >= 0.6 is 34.8 Å². The number of nitrogens with one attached hydrogen (secondary N) is 1. The van der Waals surface area contributed by atoms with E-state index in [1.807, 2.05) is 23.7 Å². The van der Waals surface area contributed by atoms with Crippen LogP contribution in [0.3, 0.4) is 0 Å². The summed E-state index contributed by atoms with van der Waals surface area (Å²) in [5, 5.41) is 5.87. The molecule has 1 aromatic carbocycles. The molecule has 0 amide bonds. The van der Waals surface area contributed by atoms with Gasteiger partial charge in [0, 0.05) is 6.54 Å². The number of halogens is 3. The number of nitrogens with two attached hydrogens (primary N) is 1. The van der Waals surface area contributed by atoms with Crippen molar-refractivity contribution in [3.8, 4) is 0 Å².